The van der Waals surface area contributed by atoms with E-state index in [9.17, 15) is 9.59 Å². The van der Waals surface area contributed by atoms with E-state index in [4.69, 9.17) is 0 Å². The van der Waals surface area contributed by atoms with Crippen LogP contribution in [0.5, 0.6) is 0 Å². The highest BCUT2D eigenvalue weighted by Gasteiger charge is 2.39. The van der Waals surface area contributed by atoms with Gasteiger partial charge in [0.05, 0.1) is 5.41 Å². The molecule has 0 bridgehead atoms. The molecule has 2 heterocycles. The van der Waals surface area contributed by atoms with Gasteiger partial charge in [-0.05, 0) is 31.0 Å². The number of piperidine rings is 1. The third kappa shape index (κ3) is 2.65. The molecule has 1 aromatic carbocycles. The highest BCUT2D eigenvalue weighted by atomic mass is 16.2. The number of hydrogen-bond donors (Lipinski definition) is 2. The Morgan fingerprint density at radius 3 is 2.38 bits per heavy atom. The van der Waals surface area contributed by atoms with Crippen LogP contribution in [0.3, 0.4) is 0 Å². The van der Waals surface area contributed by atoms with E-state index in [0.717, 1.165) is 31.7 Å². The van der Waals surface area contributed by atoms with Crippen LogP contribution in [0, 0.1) is 0 Å². The molecule has 0 saturated carbocycles. The quantitative estimate of drug-likeness (QED) is 0.790. The maximum absolute atomic E-state index is 12.2. The minimum atomic E-state index is -0.601. The van der Waals surface area contributed by atoms with Crippen molar-refractivity contribution in [1.82, 2.24) is 10.6 Å². The second-order valence-corrected chi connectivity index (χ2v) is 5.99. The largest absolute Gasteiger partial charge is 0.369 e. The lowest BCUT2D eigenvalue weighted by atomic mass is 9.75. The number of amides is 2. The van der Waals surface area contributed by atoms with Crippen LogP contribution in [0.25, 0.3) is 0 Å². The molecule has 1 atom stereocenters. The van der Waals surface area contributed by atoms with E-state index in [1.165, 1.54) is 5.69 Å². The summed E-state index contributed by atoms with van der Waals surface area (Å²) < 4.78 is 0. The van der Waals surface area contributed by atoms with Crippen LogP contribution in [0.15, 0.2) is 24.3 Å². The van der Waals surface area contributed by atoms with Crippen molar-refractivity contribution in [2.75, 3.05) is 31.1 Å². The first-order valence-electron chi connectivity index (χ1n) is 7.50. The number of imide groups is 1. The van der Waals surface area contributed by atoms with Crippen molar-refractivity contribution in [3.05, 3.63) is 29.8 Å². The highest BCUT2D eigenvalue weighted by molar-refractivity contribution is 6.03. The average Bonchev–Trinajstić information content (AvgIpc) is 2.52. The van der Waals surface area contributed by atoms with Crippen LogP contribution in [0.4, 0.5) is 5.69 Å². The maximum Gasteiger partial charge on any atom is 0.236 e. The number of rotatable bonds is 2. The van der Waals surface area contributed by atoms with Crippen LogP contribution in [0.2, 0.25) is 0 Å². The molecule has 2 aliphatic rings. The average molecular weight is 287 g/mol. The Kier molecular flexibility index (Phi) is 3.68. The molecule has 0 unspecified atom stereocenters. The maximum atomic E-state index is 12.2. The molecule has 21 heavy (non-hydrogen) atoms. The molecule has 2 aliphatic heterocycles. The molecule has 0 spiro atoms. The highest BCUT2D eigenvalue weighted by Crippen LogP contribution is 2.33. The first-order chi connectivity index (χ1) is 10.1. The summed E-state index contributed by atoms with van der Waals surface area (Å²) in [6.07, 6.45) is 0.979. The van der Waals surface area contributed by atoms with Gasteiger partial charge in [0.2, 0.25) is 11.8 Å². The number of nitrogens with one attached hydrogen (secondary N) is 2. The van der Waals surface area contributed by atoms with Crippen LogP contribution in [0.1, 0.15) is 25.3 Å². The molecule has 112 valence electrons. The fraction of sp³-hybridized carbons (Fsp3) is 0.500. The minimum absolute atomic E-state index is 0.171. The third-order valence-electron chi connectivity index (χ3n) is 4.59. The fourth-order valence-electron chi connectivity index (χ4n) is 3.04. The van der Waals surface area contributed by atoms with Gasteiger partial charge in [-0.3, -0.25) is 14.9 Å². The molecule has 0 aromatic heterocycles. The molecular weight excluding hydrogens is 266 g/mol. The number of nitrogens with zero attached hydrogens (tertiary/aromatic N) is 1. The van der Waals surface area contributed by atoms with Crippen molar-refractivity contribution in [2.24, 2.45) is 0 Å². The first-order valence-corrected chi connectivity index (χ1v) is 7.50. The summed E-state index contributed by atoms with van der Waals surface area (Å²) >= 11 is 0. The Morgan fingerprint density at radius 1 is 1.10 bits per heavy atom. The smallest absolute Gasteiger partial charge is 0.236 e. The molecule has 0 aliphatic carbocycles. The van der Waals surface area contributed by atoms with Crippen molar-refractivity contribution < 1.29 is 9.59 Å². The molecule has 2 fully saturated rings. The van der Waals surface area contributed by atoms with Crippen molar-refractivity contribution in [3.8, 4) is 0 Å². The van der Waals surface area contributed by atoms with Gasteiger partial charge in [0, 0.05) is 38.3 Å². The minimum Gasteiger partial charge on any atom is -0.369 e. The summed E-state index contributed by atoms with van der Waals surface area (Å²) in [4.78, 5) is 25.8. The lowest BCUT2D eigenvalue weighted by Crippen LogP contribution is -2.49. The Morgan fingerprint density at radius 2 is 1.76 bits per heavy atom. The predicted octanol–water partition coefficient (Wildman–Crippen LogP) is 0.790. The standard InChI is InChI=1S/C16H21N3O2/c1-16(7-6-14(20)18-15(16)21)12-2-4-13(5-3-12)19-10-8-17-9-11-19/h2-5,17H,6-11H2,1H3,(H,18,20,21)/t16-/m1/s1. The topological polar surface area (TPSA) is 61.4 Å². The van der Waals surface area contributed by atoms with Crippen molar-refractivity contribution >= 4 is 17.5 Å². The zero-order valence-electron chi connectivity index (χ0n) is 12.3. The summed E-state index contributed by atoms with van der Waals surface area (Å²) in [6, 6.07) is 8.20. The second-order valence-electron chi connectivity index (χ2n) is 5.99. The molecule has 1 aromatic rings. The number of carbonyl (C=O) groups is 2. The van der Waals surface area contributed by atoms with Gasteiger partial charge in [0.1, 0.15) is 0 Å². The van der Waals surface area contributed by atoms with E-state index in [2.05, 4.69) is 27.7 Å². The van der Waals surface area contributed by atoms with Crippen LogP contribution >= 0.6 is 0 Å². The molecule has 2 saturated heterocycles. The number of anilines is 1. The van der Waals surface area contributed by atoms with Crippen molar-refractivity contribution in [3.63, 3.8) is 0 Å². The predicted molar refractivity (Wildman–Crippen MR) is 81.3 cm³/mol. The Hall–Kier alpha value is -1.88. The molecule has 3 rings (SSSR count). The summed E-state index contributed by atoms with van der Waals surface area (Å²) in [7, 11) is 0. The SMILES string of the molecule is C[C@]1(c2ccc(N3CCNCC3)cc2)CCC(=O)NC1=O. The Labute approximate surface area is 124 Å². The van der Waals surface area contributed by atoms with Crippen molar-refractivity contribution in [2.45, 2.75) is 25.2 Å². The van der Waals surface area contributed by atoms with Gasteiger partial charge in [-0.2, -0.15) is 0 Å². The van der Waals surface area contributed by atoms with E-state index in [0.29, 0.717) is 12.8 Å². The Bertz CT molecular complexity index is 549. The van der Waals surface area contributed by atoms with E-state index < -0.39 is 5.41 Å². The Balaban J connectivity index is 1.80. The van der Waals surface area contributed by atoms with Crippen molar-refractivity contribution in [1.29, 1.82) is 0 Å². The van der Waals surface area contributed by atoms with E-state index >= 15 is 0 Å². The number of benzene rings is 1. The van der Waals surface area contributed by atoms with E-state index in [1.807, 2.05) is 19.1 Å². The molecule has 5 heteroatoms. The van der Waals surface area contributed by atoms with Crippen LogP contribution < -0.4 is 15.5 Å². The van der Waals surface area contributed by atoms with Gasteiger partial charge in [-0.25, -0.2) is 0 Å². The van der Waals surface area contributed by atoms with Gasteiger partial charge in [-0.15, -0.1) is 0 Å². The summed E-state index contributed by atoms with van der Waals surface area (Å²) in [6.45, 7) is 5.93. The van der Waals surface area contributed by atoms with Gasteiger partial charge >= 0.3 is 0 Å². The molecular formula is C16H21N3O2. The zero-order chi connectivity index (χ0) is 14.9. The lowest BCUT2D eigenvalue weighted by Gasteiger charge is -2.33. The lowest BCUT2D eigenvalue weighted by molar-refractivity contribution is -0.137. The van der Waals surface area contributed by atoms with Gasteiger partial charge in [0.15, 0.2) is 0 Å². The molecule has 5 nitrogen and oxygen atoms in total. The monoisotopic (exact) mass is 287 g/mol. The fourth-order valence-corrected chi connectivity index (χ4v) is 3.04. The number of carbonyl (C=O) groups excluding carboxylic acids is 2. The number of piperazine rings is 1. The van der Waals surface area contributed by atoms with Gasteiger partial charge < -0.3 is 10.2 Å². The molecule has 0 radical (unpaired) electrons. The summed E-state index contributed by atoms with van der Waals surface area (Å²) in [5.74, 6) is -0.358. The molecule has 2 amide bonds. The second kappa shape index (κ2) is 5.48. The summed E-state index contributed by atoms with van der Waals surface area (Å²) in [5, 5.41) is 5.79. The third-order valence-corrected chi connectivity index (χ3v) is 4.59. The van der Waals surface area contributed by atoms with E-state index in [1.54, 1.807) is 0 Å². The van der Waals surface area contributed by atoms with E-state index in [-0.39, 0.29) is 11.8 Å². The van der Waals surface area contributed by atoms with Gasteiger partial charge in [-0.1, -0.05) is 12.1 Å². The molecule has 2 N–H and O–H groups in total. The normalized spacial score (nSPS) is 26.6. The van der Waals surface area contributed by atoms with Crippen LogP contribution in [-0.4, -0.2) is 38.0 Å². The van der Waals surface area contributed by atoms with Crippen LogP contribution in [-0.2, 0) is 15.0 Å². The first kappa shape index (κ1) is 14.1. The summed E-state index contributed by atoms with van der Waals surface area (Å²) in [5.41, 5.74) is 1.57. The zero-order valence-corrected chi connectivity index (χ0v) is 12.3. The number of hydrogen-bond acceptors (Lipinski definition) is 4. The van der Waals surface area contributed by atoms with Gasteiger partial charge in [0.25, 0.3) is 0 Å².